The first-order chi connectivity index (χ1) is 17.7. The van der Waals surface area contributed by atoms with Crippen molar-refractivity contribution in [2.24, 2.45) is 0 Å². The lowest BCUT2D eigenvalue weighted by Gasteiger charge is -2.20. The van der Waals surface area contributed by atoms with Gasteiger partial charge in [0.2, 0.25) is 0 Å². The molecule has 0 spiro atoms. The number of anilines is 1. The fraction of sp³-hybridized carbons (Fsp3) is 0.160. The number of halogens is 1. The molecule has 2 aromatic carbocycles. The van der Waals surface area contributed by atoms with Gasteiger partial charge in [-0.1, -0.05) is 24.8 Å². The molecule has 1 heterocycles. The Kier molecular flexibility index (Phi) is 8.35. The molecule has 11 nitrogen and oxygen atoms in total. The minimum atomic E-state index is -1.13. The summed E-state index contributed by atoms with van der Waals surface area (Å²) in [7, 11) is 1.31. The van der Waals surface area contributed by atoms with Crippen molar-refractivity contribution < 1.29 is 28.6 Å². The number of aromatic nitrogens is 4. The van der Waals surface area contributed by atoms with Gasteiger partial charge in [0.25, 0.3) is 0 Å². The lowest BCUT2D eigenvalue weighted by molar-refractivity contribution is -0.132. The quantitative estimate of drug-likeness (QED) is 0.201. The Morgan fingerprint density at radius 2 is 1.95 bits per heavy atom. The van der Waals surface area contributed by atoms with E-state index in [2.05, 4.69) is 17.0 Å². The first-order valence-electron chi connectivity index (χ1n) is 11.0. The summed E-state index contributed by atoms with van der Waals surface area (Å²) >= 11 is 0. The van der Waals surface area contributed by atoms with Crippen LogP contribution in [0, 0.1) is 5.82 Å². The average Bonchev–Trinajstić information content (AvgIpc) is 3.27. The Labute approximate surface area is 210 Å². The number of carboxylic acids is 1. The third kappa shape index (κ3) is 5.64. The molecule has 0 fully saturated rings. The van der Waals surface area contributed by atoms with Crippen LogP contribution in [0.2, 0.25) is 0 Å². The topological polar surface area (TPSA) is 129 Å². The van der Waals surface area contributed by atoms with Crippen LogP contribution in [0.3, 0.4) is 0 Å². The fourth-order valence-electron chi connectivity index (χ4n) is 3.32. The minimum absolute atomic E-state index is 0.00496. The third-order valence-electron chi connectivity index (χ3n) is 5.11. The van der Waals surface area contributed by atoms with Gasteiger partial charge in [-0.05, 0) is 60.7 Å². The molecule has 3 rings (SSSR count). The van der Waals surface area contributed by atoms with Crippen LogP contribution in [0.5, 0.6) is 11.5 Å². The van der Waals surface area contributed by atoms with E-state index in [1.165, 1.54) is 48.4 Å². The third-order valence-corrected chi connectivity index (χ3v) is 5.11. The van der Waals surface area contributed by atoms with Gasteiger partial charge in [-0.3, -0.25) is 4.90 Å². The normalized spacial score (nSPS) is 11.7. The Hall–Kier alpha value is -5.00. The van der Waals surface area contributed by atoms with Gasteiger partial charge < -0.3 is 14.6 Å². The molecule has 12 heteroatoms. The van der Waals surface area contributed by atoms with Gasteiger partial charge in [0.1, 0.15) is 22.9 Å². The number of tetrazole rings is 1. The summed E-state index contributed by atoms with van der Waals surface area (Å²) in [6, 6.07) is 9.46. The molecule has 0 saturated carbocycles. The minimum Gasteiger partial charge on any atom is -0.494 e. The summed E-state index contributed by atoms with van der Waals surface area (Å²) in [4.78, 5) is 38.7. The number of benzene rings is 2. The first-order valence-corrected chi connectivity index (χ1v) is 11.0. The molecule has 0 unspecified atom stereocenters. The van der Waals surface area contributed by atoms with Crippen molar-refractivity contribution in [3.63, 3.8) is 0 Å². The van der Waals surface area contributed by atoms with E-state index in [1.54, 1.807) is 32.0 Å². The number of ether oxygens (including phenoxy) is 2. The van der Waals surface area contributed by atoms with E-state index in [1.807, 2.05) is 0 Å². The van der Waals surface area contributed by atoms with Crippen LogP contribution in [0.15, 0.2) is 83.4 Å². The molecule has 0 aliphatic rings. The molecule has 0 aliphatic heterocycles. The van der Waals surface area contributed by atoms with Gasteiger partial charge in [0.15, 0.2) is 5.82 Å². The van der Waals surface area contributed by atoms with Crippen LogP contribution in [0.1, 0.15) is 13.8 Å². The Bertz CT molecular complexity index is 1460. The van der Waals surface area contributed by atoms with Crippen LogP contribution in [-0.4, -0.2) is 50.6 Å². The molecule has 0 aliphatic carbocycles. The largest absolute Gasteiger partial charge is 0.494 e. The number of methoxy groups -OCH3 is 1. The van der Waals surface area contributed by atoms with Crippen LogP contribution in [-0.2, 0) is 4.79 Å². The second-order valence-electron chi connectivity index (χ2n) is 7.30. The van der Waals surface area contributed by atoms with Crippen molar-refractivity contribution >= 4 is 17.7 Å². The monoisotopic (exact) mass is 509 g/mol. The molecule has 0 atom stereocenters. The standard InChI is InChI=1S/C25H24FN5O6/c1-5-16(23(32)33)14-18(6-2)37-19-11-8-10-17(15-19)29(7-3)24(34)31-25(35)30(27-28-31)22-20(26)12-9-13-21(22)36-4/h5-6,8-15H,2,7H2,1,3-4H3,(H,32,33)/b16-5+,18-14+. The number of amides is 1. The molecule has 1 N–H and O–H groups in total. The zero-order valence-corrected chi connectivity index (χ0v) is 20.3. The predicted octanol–water partition coefficient (Wildman–Crippen LogP) is 3.55. The number of hydrogen-bond acceptors (Lipinski definition) is 7. The van der Waals surface area contributed by atoms with Gasteiger partial charge in [-0.15, -0.1) is 4.68 Å². The van der Waals surface area contributed by atoms with E-state index in [-0.39, 0.29) is 35.1 Å². The zero-order chi connectivity index (χ0) is 27.1. The van der Waals surface area contributed by atoms with Crippen LogP contribution >= 0.6 is 0 Å². The summed E-state index contributed by atoms with van der Waals surface area (Å²) < 4.78 is 26.4. The number of carbonyl (C=O) groups excluding carboxylic acids is 1. The maximum absolute atomic E-state index is 14.5. The van der Waals surface area contributed by atoms with Crippen molar-refractivity contribution in [2.75, 3.05) is 18.6 Å². The van der Waals surface area contributed by atoms with Crippen molar-refractivity contribution in [3.05, 3.63) is 94.9 Å². The fourth-order valence-corrected chi connectivity index (χ4v) is 3.32. The molecule has 192 valence electrons. The van der Waals surface area contributed by atoms with Gasteiger partial charge in [0, 0.05) is 18.3 Å². The number of aliphatic carboxylic acids is 1. The number of allylic oxidation sites excluding steroid dienone is 2. The Balaban J connectivity index is 1.94. The summed E-state index contributed by atoms with van der Waals surface area (Å²) in [5, 5.41) is 16.5. The maximum atomic E-state index is 14.5. The van der Waals surface area contributed by atoms with E-state index >= 15 is 0 Å². The molecule has 1 amide bonds. The second kappa shape index (κ2) is 11.6. The summed E-state index contributed by atoms with van der Waals surface area (Å²) in [5.74, 6) is -1.43. The van der Waals surface area contributed by atoms with Crippen molar-refractivity contribution in [2.45, 2.75) is 13.8 Å². The number of carbonyl (C=O) groups is 2. The van der Waals surface area contributed by atoms with Crippen molar-refractivity contribution in [3.8, 4) is 17.2 Å². The van der Waals surface area contributed by atoms with E-state index in [9.17, 15) is 23.9 Å². The number of para-hydroxylation sites is 1. The second-order valence-corrected chi connectivity index (χ2v) is 7.30. The van der Waals surface area contributed by atoms with Gasteiger partial charge in [-0.25, -0.2) is 18.8 Å². The molecule has 0 saturated heterocycles. The van der Waals surface area contributed by atoms with Crippen LogP contribution in [0.25, 0.3) is 5.69 Å². The zero-order valence-electron chi connectivity index (χ0n) is 20.3. The van der Waals surface area contributed by atoms with E-state index in [0.29, 0.717) is 15.1 Å². The summed E-state index contributed by atoms with van der Waals surface area (Å²) in [6.07, 6.45) is 4.06. The Morgan fingerprint density at radius 1 is 1.22 bits per heavy atom. The average molecular weight is 509 g/mol. The highest BCUT2D eigenvalue weighted by Crippen LogP contribution is 2.25. The van der Waals surface area contributed by atoms with E-state index in [0.717, 1.165) is 6.07 Å². The molecule has 0 bridgehead atoms. The van der Waals surface area contributed by atoms with E-state index < -0.39 is 23.5 Å². The molecular formula is C25H24FN5O6. The molecule has 37 heavy (non-hydrogen) atoms. The van der Waals surface area contributed by atoms with Gasteiger partial charge in [-0.2, -0.15) is 4.68 Å². The van der Waals surface area contributed by atoms with E-state index in [4.69, 9.17) is 9.47 Å². The highest BCUT2D eigenvalue weighted by atomic mass is 19.1. The van der Waals surface area contributed by atoms with Crippen LogP contribution < -0.4 is 20.1 Å². The Morgan fingerprint density at radius 3 is 2.57 bits per heavy atom. The highest BCUT2D eigenvalue weighted by molar-refractivity contribution is 5.93. The van der Waals surface area contributed by atoms with Crippen molar-refractivity contribution in [1.29, 1.82) is 0 Å². The number of rotatable bonds is 9. The summed E-state index contributed by atoms with van der Waals surface area (Å²) in [5.41, 5.74) is -0.921. The number of hydrogen-bond donors (Lipinski definition) is 1. The lowest BCUT2D eigenvalue weighted by Crippen LogP contribution is -2.41. The van der Waals surface area contributed by atoms with Gasteiger partial charge >= 0.3 is 17.7 Å². The number of nitrogens with zero attached hydrogens (tertiary/aromatic N) is 5. The molecule has 1 aromatic heterocycles. The molecule has 3 aromatic rings. The van der Waals surface area contributed by atoms with Gasteiger partial charge in [0.05, 0.1) is 12.7 Å². The summed E-state index contributed by atoms with van der Waals surface area (Å²) in [6.45, 7) is 7.02. The highest BCUT2D eigenvalue weighted by Gasteiger charge is 2.24. The maximum Gasteiger partial charge on any atom is 0.377 e. The molecular weight excluding hydrogens is 485 g/mol. The number of carboxylic acid groups (broad SMARTS) is 1. The van der Waals surface area contributed by atoms with Crippen LogP contribution in [0.4, 0.5) is 14.9 Å². The van der Waals surface area contributed by atoms with Crippen molar-refractivity contribution in [1.82, 2.24) is 19.8 Å². The lowest BCUT2D eigenvalue weighted by atomic mass is 10.2. The SMILES string of the molecule is C=C/C(=C\C(=C/C)C(=O)O)Oc1cccc(N(CC)C(=O)n2nnn(-c3c(F)cccc3OC)c2=O)c1. The predicted molar refractivity (Wildman–Crippen MR) is 133 cm³/mol. The first kappa shape index (κ1) is 26.6. The molecule has 0 radical (unpaired) electrons. The smallest absolute Gasteiger partial charge is 0.377 e.